The van der Waals surface area contributed by atoms with Gasteiger partial charge in [-0.3, -0.25) is 0 Å². The number of ether oxygens (including phenoxy) is 1. The molecule has 1 aromatic carbocycles. The summed E-state index contributed by atoms with van der Waals surface area (Å²) < 4.78 is 6.16. The molecule has 0 amide bonds. The molecule has 0 saturated heterocycles. The lowest BCUT2D eigenvalue weighted by molar-refractivity contribution is 0.395. The Bertz CT molecular complexity index is 574. The van der Waals surface area contributed by atoms with E-state index >= 15 is 0 Å². The van der Waals surface area contributed by atoms with Crippen molar-refractivity contribution in [3.8, 4) is 5.88 Å². The van der Waals surface area contributed by atoms with E-state index in [-0.39, 0.29) is 6.04 Å². The van der Waals surface area contributed by atoms with Crippen molar-refractivity contribution in [1.82, 2.24) is 9.97 Å². The minimum absolute atomic E-state index is 0.0999. The molecule has 1 aromatic heterocycles. The third kappa shape index (κ3) is 3.30. The lowest BCUT2D eigenvalue weighted by atomic mass is 9.98. The number of hydrogen-bond acceptors (Lipinski definition) is 4. The molecule has 1 heterocycles. The largest absolute Gasteiger partial charge is 0.481 e. The van der Waals surface area contributed by atoms with Crippen LogP contribution in [0.3, 0.4) is 0 Å². The first-order valence-electron chi connectivity index (χ1n) is 5.97. The maximum absolute atomic E-state index is 6.27. The normalized spacial score (nSPS) is 12.2. The first-order chi connectivity index (χ1) is 9.11. The zero-order chi connectivity index (χ0) is 13.8. The van der Waals surface area contributed by atoms with Crippen LogP contribution in [0.1, 0.15) is 22.9 Å². The molecular formula is C14H16BrN3O. The van der Waals surface area contributed by atoms with Crippen molar-refractivity contribution in [2.24, 2.45) is 5.73 Å². The fourth-order valence-electron chi connectivity index (χ4n) is 1.96. The molecule has 5 heteroatoms. The number of nitrogens with two attached hydrogens (primary N) is 1. The molecule has 19 heavy (non-hydrogen) atoms. The second kappa shape index (κ2) is 6.12. The van der Waals surface area contributed by atoms with Gasteiger partial charge in [-0.2, -0.15) is 0 Å². The highest BCUT2D eigenvalue weighted by atomic mass is 79.9. The third-order valence-corrected chi connectivity index (χ3v) is 3.90. The summed E-state index contributed by atoms with van der Waals surface area (Å²) in [6.45, 7) is 2.06. The molecule has 0 aliphatic heterocycles. The van der Waals surface area contributed by atoms with Gasteiger partial charge in [0.05, 0.1) is 7.11 Å². The van der Waals surface area contributed by atoms with Gasteiger partial charge < -0.3 is 10.5 Å². The van der Waals surface area contributed by atoms with Gasteiger partial charge in [0, 0.05) is 28.7 Å². The second-order valence-corrected chi connectivity index (χ2v) is 5.17. The van der Waals surface area contributed by atoms with Crippen LogP contribution in [0.5, 0.6) is 5.88 Å². The number of hydrogen-bond donors (Lipinski definition) is 1. The number of benzene rings is 1. The summed E-state index contributed by atoms with van der Waals surface area (Å²) in [5.74, 6) is 0.558. The average molecular weight is 322 g/mol. The summed E-state index contributed by atoms with van der Waals surface area (Å²) in [6.07, 6.45) is 2.14. The van der Waals surface area contributed by atoms with E-state index in [0.29, 0.717) is 12.3 Å². The molecule has 0 spiro atoms. The highest BCUT2D eigenvalue weighted by Gasteiger charge is 2.12. The molecule has 4 nitrogen and oxygen atoms in total. The van der Waals surface area contributed by atoms with E-state index in [1.165, 1.54) is 6.33 Å². The summed E-state index contributed by atoms with van der Waals surface area (Å²) in [5.41, 5.74) is 9.42. The maximum atomic E-state index is 6.27. The Morgan fingerprint density at radius 2 is 2.16 bits per heavy atom. The van der Waals surface area contributed by atoms with Crippen LogP contribution in [0, 0.1) is 6.92 Å². The standard InChI is InChI=1S/C14H16BrN3O/c1-9-11(4-3-5-12(9)15)13(16)6-10-7-14(19-2)18-8-17-10/h3-5,7-8,13H,6,16H2,1-2H3. The van der Waals surface area contributed by atoms with Gasteiger partial charge in [0.15, 0.2) is 0 Å². The quantitative estimate of drug-likeness (QED) is 0.940. The van der Waals surface area contributed by atoms with Gasteiger partial charge in [0.2, 0.25) is 5.88 Å². The molecule has 0 bridgehead atoms. The molecule has 0 fully saturated rings. The van der Waals surface area contributed by atoms with Crippen LogP contribution in [-0.4, -0.2) is 17.1 Å². The van der Waals surface area contributed by atoms with Crippen LogP contribution < -0.4 is 10.5 Å². The monoisotopic (exact) mass is 321 g/mol. The molecule has 2 aromatic rings. The summed E-state index contributed by atoms with van der Waals surface area (Å²) >= 11 is 3.52. The molecule has 0 aliphatic rings. The van der Waals surface area contributed by atoms with Crippen LogP contribution in [0.2, 0.25) is 0 Å². The van der Waals surface area contributed by atoms with E-state index in [0.717, 1.165) is 21.3 Å². The zero-order valence-electron chi connectivity index (χ0n) is 10.9. The van der Waals surface area contributed by atoms with Gasteiger partial charge in [-0.25, -0.2) is 9.97 Å². The third-order valence-electron chi connectivity index (χ3n) is 3.05. The van der Waals surface area contributed by atoms with Gasteiger partial charge in [-0.1, -0.05) is 28.1 Å². The van der Waals surface area contributed by atoms with E-state index in [4.69, 9.17) is 10.5 Å². The van der Waals surface area contributed by atoms with Crippen molar-refractivity contribution in [2.75, 3.05) is 7.11 Å². The van der Waals surface area contributed by atoms with E-state index in [2.05, 4.69) is 32.8 Å². The number of nitrogens with zero attached hydrogens (tertiary/aromatic N) is 2. The topological polar surface area (TPSA) is 61.0 Å². The SMILES string of the molecule is COc1cc(CC(N)c2cccc(Br)c2C)ncn1. The van der Waals surface area contributed by atoms with Crippen molar-refractivity contribution in [3.05, 3.63) is 51.9 Å². The van der Waals surface area contributed by atoms with E-state index < -0.39 is 0 Å². The predicted octanol–water partition coefficient (Wildman–Crippen LogP) is 2.80. The molecule has 2 rings (SSSR count). The fourth-order valence-corrected chi connectivity index (χ4v) is 2.34. The highest BCUT2D eigenvalue weighted by molar-refractivity contribution is 9.10. The number of halogens is 1. The van der Waals surface area contributed by atoms with E-state index in [1.807, 2.05) is 24.3 Å². The van der Waals surface area contributed by atoms with Crippen molar-refractivity contribution < 1.29 is 4.74 Å². The van der Waals surface area contributed by atoms with Crippen molar-refractivity contribution in [1.29, 1.82) is 0 Å². The first kappa shape index (κ1) is 14.0. The molecule has 2 N–H and O–H groups in total. The Labute approximate surface area is 121 Å². The molecular weight excluding hydrogens is 306 g/mol. The zero-order valence-corrected chi connectivity index (χ0v) is 12.5. The molecule has 0 aliphatic carbocycles. The first-order valence-corrected chi connectivity index (χ1v) is 6.76. The lowest BCUT2D eigenvalue weighted by Crippen LogP contribution is -2.15. The predicted molar refractivity (Wildman–Crippen MR) is 78.1 cm³/mol. The van der Waals surface area contributed by atoms with Crippen molar-refractivity contribution in [2.45, 2.75) is 19.4 Å². The van der Waals surface area contributed by atoms with Gasteiger partial charge in [0.1, 0.15) is 6.33 Å². The smallest absolute Gasteiger partial charge is 0.216 e. The summed E-state index contributed by atoms with van der Waals surface area (Å²) in [6, 6.07) is 7.76. The minimum atomic E-state index is -0.0999. The molecule has 1 unspecified atom stereocenters. The number of aromatic nitrogens is 2. The van der Waals surface area contributed by atoms with Crippen LogP contribution in [0.15, 0.2) is 35.1 Å². The van der Waals surface area contributed by atoms with Gasteiger partial charge in [0.25, 0.3) is 0 Å². The summed E-state index contributed by atoms with van der Waals surface area (Å²) in [4.78, 5) is 8.21. The highest BCUT2D eigenvalue weighted by Crippen LogP contribution is 2.25. The average Bonchev–Trinajstić information content (AvgIpc) is 2.42. The van der Waals surface area contributed by atoms with Crippen LogP contribution in [-0.2, 0) is 6.42 Å². The number of methoxy groups -OCH3 is 1. The minimum Gasteiger partial charge on any atom is -0.481 e. The Morgan fingerprint density at radius 3 is 2.89 bits per heavy atom. The molecule has 100 valence electrons. The van der Waals surface area contributed by atoms with Gasteiger partial charge >= 0.3 is 0 Å². The van der Waals surface area contributed by atoms with Crippen LogP contribution in [0.25, 0.3) is 0 Å². The van der Waals surface area contributed by atoms with Gasteiger partial charge in [-0.05, 0) is 24.1 Å². The van der Waals surface area contributed by atoms with Crippen LogP contribution >= 0.6 is 15.9 Å². The molecule has 1 atom stereocenters. The Balaban J connectivity index is 2.20. The van der Waals surface area contributed by atoms with E-state index in [9.17, 15) is 0 Å². The maximum Gasteiger partial charge on any atom is 0.216 e. The van der Waals surface area contributed by atoms with E-state index in [1.54, 1.807) is 7.11 Å². The van der Waals surface area contributed by atoms with Crippen molar-refractivity contribution >= 4 is 15.9 Å². The molecule has 0 saturated carbocycles. The Kier molecular flexibility index (Phi) is 4.50. The molecule has 0 radical (unpaired) electrons. The van der Waals surface area contributed by atoms with Crippen LogP contribution in [0.4, 0.5) is 0 Å². The van der Waals surface area contributed by atoms with Gasteiger partial charge in [-0.15, -0.1) is 0 Å². The number of rotatable bonds is 4. The lowest BCUT2D eigenvalue weighted by Gasteiger charge is -2.15. The summed E-state index contributed by atoms with van der Waals surface area (Å²) in [5, 5.41) is 0. The fraction of sp³-hybridized carbons (Fsp3) is 0.286. The second-order valence-electron chi connectivity index (χ2n) is 4.32. The Morgan fingerprint density at radius 1 is 1.37 bits per heavy atom. The summed E-state index contributed by atoms with van der Waals surface area (Å²) in [7, 11) is 1.59. The van der Waals surface area contributed by atoms with Crippen molar-refractivity contribution in [3.63, 3.8) is 0 Å². The Hall–Kier alpha value is -1.46.